The second-order valence-electron chi connectivity index (χ2n) is 7.02. The van der Waals surface area contributed by atoms with E-state index in [9.17, 15) is 9.59 Å². The lowest BCUT2D eigenvalue weighted by molar-refractivity contribution is -0.125. The van der Waals surface area contributed by atoms with Gasteiger partial charge in [-0.15, -0.1) is 0 Å². The van der Waals surface area contributed by atoms with Crippen LogP contribution in [0.25, 0.3) is 0 Å². The van der Waals surface area contributed by atoms with Crippen molar-refractivity contribution in [2.75, 3.05) is 5.32 Å². The zero-order chi connectivity index (χ0) is 18.8. The largest absolute Gasteiger partial charge is 0.352 e. The minimum atomic E-state index is -0.263. The molecule has 2 aromatic carbocycles. The molecule has 2 N–H and O–H groups in total. The Morgan fingerprint density at radius 2 is 1.65 bits per heavy atom. The SMILES string of the molecule is Cc1cc(C)c(NC(=O)C2CC2C(=O)NCc2ccccc2Cl)c(C)c1. The van der Waals surface area contributed by atoms with Gasteiger partial charge in [0.05, 0.1) is 11.8 Å². The molecule has 0 aromatic heterocycles. The molecule has 26 heavy (non-hydrogen) atoms. The van der Waals surface area contributed by atoms with Crippen LogP contribution in [0.3, 0.4) is 0 Å². The molecule has 2 unspecified atom stereocenters. The monoisotopic (exact) mass is 370 g/mol. The van der Waals surface area contributed by atoms with Gasteiger partial charge in [-0.25, -0.2) is 0 Å². The average molecular weight is 371 g/mol. The van der Waals surface area contributed by atoms with Gasteiger partial charge in [0, 0.05) is 17.3 Å². The molecule has 2 atom stereocenters. The standard InChI is InChI=1S/C21H23ClN2O2/c1-12-8-13(2)19(14(3)9-12)24-21(26)17-10-16(17)20(25)23-11-15-6-4-5-7-18(15)22/h4-9,16-17H,10-11H2,1-3H3,(H,23,25)(H,24,26). The minimum Gasteiger partial charge on any atom is -0.352 e. The molecule has 4 nitrogen and oxygen atoms in total. The highest BCUT2D eigenvalue weighted by molar-refractivity contribution is 6.31. The van der Waals surface area contributed by atoms with Crippen LogP contribution in [0.5, 0.6) is 0 Å². The van der Waals surface area contributed by atoms with E-state index in [1.165, 1.54) is 5.56 Å². The Morgan fingerprint density at radius 3 is 2.31 bits per heavy atom. The summed E-state index contributed by atoms with van der Waals surface area (Å²) >= 11 is 6.10. The van der Waals surface area contributed by atoms with Crippen molar-refractivity contribution in [2.45, 2.75) is 33.7 Å². The number of nitrogens with one attached hydrogen (secondary N) is 2. The van der Waals surface area contributed by atoms with Gasteiger partial charge < -0.3 is 10.6 Å². The first kappa shape index (κ1) is 18.5. The fraction of sp³-hybridized carbons (Fsp3) is 0.333. The van der Waals surface area contributed by atoms with Gasteiger partial charge >= 0.3 is 0 Å². The molecule has 3 rings (SSSR count). The highest BCUT2D eigenvalue weighted by Gasteiger charge is 2.48. The Balaban J connectivity index is 1.56. The fourth-order valence-corrected chi connectivity index (χ4v) is 3.53. The predicted octanol–water partition coefficient (Wildman–Crippen LogP) is 4.16. The highest BCUT2D eigenvalue weighted by atomic mass is 35.5. The third-order valence-electron chi connectivity index (χ3n) is 4.80. The van der Waals surface area contributed by atoms with Gasteiger partial charge in [0.25, 0.3) is 0 Å². The summed E-state index contributed by atoms with van der Waals surface area (Å²) in [6.07, 6.45) is 0.587. The Kier molecular flexibility index (Phi) is 5.33. The van der Waals surface area contributed by atoms with Gasteiger partial charge in [0.2, 0.25) is 11.8 Å². The first-order valence-corrected chi connectivity index (χ1v) is 9.14. The van der Waals surface area contributed by atoms with Gasteiger partial charge in [-0.2, -0.15) is 0 Å². The summed E-state index contributed by atoms with van der Waals surface area (Å²) in [5.41, 5.74) is 4.96. The molecule has 1 saturated carbocycles. The maximum absolute atomic E-state index is 12.5. The Bertz CT molecular complexity index is 840. The van der Waals surface area contributed by atoms with E-state index in [2.05, 4.69) is 10.6 Å². The summed E-state index contributed by atoms with van der Waals surface area (Å²) in [6.45, 7) is 6.37. The predicted molar refractivity (Wildman–Crippen MR) is 104 cm³/mol. The third-order valence-corrected chi connectivity index (χ3v) is 5.17. The summed E-state index contributed by atoms with van der Waals surface area (Å²) < 4.78 is 0. The van der Waals surface area contributed by atoms with Crippen LogP contribution < -0.4 is 10.6 Å². The number of hydrogen-bond acceptors (Lipinski definition) is 2. The highest BCUT2D eigenvalue weighted by Crippen LogP contribution is 2.40. The molecule has 2 aromatic rings. The summed E-state index contributed by atoms with van der Waals surface area (Å²) in [4.78, 5) is 24.8. The number of aryl methyl sites for hydroxylation is 3. The molecule has 1 aliphatic carbocycles. The molecule has 0 saturated heterocycles. The molecule has 136 valence electrons. The Labute approximate surface area is 158 Å². The lowest BCUT2D eigenvalue weighted by Crippen LogP contribution is -2.27. The summed E-state index contributed by atoms with van der Waals surface area (Å²) in [5.74, 6) is -0.703. The van der Waals surface area contributed by atoms with Crippen LogP contribution in [-0.4, -0.2) is 11.8 Å². The lowest BCUT2D eigenvalue weighted by Gasteiger charge is -2.13. The van der Waals surface area contributed by atoms with Gasteiger partial charge in [-0.05, 0) is 49.9 Å². The van der Waals surface area contributed by atoms with E-state index in [0.29, 0.717) is 18.0 Å². The zero-order valence-electron chi connectivity index (χ0n) is 15.2. The number of benzene rings is 2. The van der Waals surface area contributed by atoms with Gasteiger partial charge in [0.15, 0.2) is 0 Å². The van der Waals surface area contributed by atoms with Crippen LogP contribution in [-0.2, 0) is 16.1 Å². The van der Waals surface area contributed by atoms with Crippen LogP contribution in [0.1, 0.15) is 28.7 Å². The van der Waals surface area contributed by atoms with E-state index in [4.69, 9.17) is 11.6 Å². The van der Waals surface area contributed by atoms with Crippen LogP contribution in [0.15, 0.2) is 36.4 Å². The number of amides is 2. The molecule has 1 aliphatic rings. The Hall–Kier alpha value is -2.33. The minimum absolute atomic E-state index is 0.0852. The van der Waals surface area contributed by atoms with E-state index in [1.807, 2.05) is 51.1 Å². The van der Waals surface area contributed by atoms with Gasteiger partial charge in [0.1, 0.15) is 0 Å². The normalized spacial score (nSPS) is 18.3. The molecule has 0 aliphatic heterocycles. The third kappa shape index (κ3) is 4.07. The molecule has 0 spiro atoms. The summed E-state index contributed by atoms with van der Waals surface area (Å²) in [6, 6.07) is 11.5. The second-order valence-corrected chi connectivity index (χ2v) is 7.43. The molecular weight excluding hydrogens is 348 g/mol. The van der Waals surface area contributed by atoms with Crippen LogP contribution in [0.2, 0.25) is 5.02 Å². The van der Waals surface area contributed by atoms with Crippen molar-refractivity contribution in [1.29, 1.82) is 0 Å². The van der Waals surface area contributed by atoms with Gasteiger partial charge in [-0.3, -0.25) is 9.59 Å². The van der Waals surface area contributed by atoms with Crippen molar-refractivity contribution in [2.24, 2.45) is 11.8 Å². The van der Waals surface area contributed by atoms with E-state index in [0.717, 1.165) is 22.4 Å². The summed E-state index contributed by atoms with van der Waals surface area (Å²) in [7, 11) is 0. The van der Waals surface area contributed by atoms with Crippen molar-refractivity contribution in [3.63, 3.8) is 0 Å². The lowest BCUT2D eigenvalue weighted by atomic mass is 10.0. The van der Waals surface area contributed by atoms with E-state index in [1.54, 1.807) is 6.07 Å². The maximum Gasteiger partial charge on any atom is 0.228 e. The van der Waals surface area contributed by atoms with Crippen LogP contribution in [0, 0.1) is 32.6 Å². The zero-order valence-corrected chi connectivity index (χ0v) is 16.0. The van der Waals surface area contributed by atoms with E-state index < -0.39 is 0 Å². The number of carbonyl (C=O) groups is 2. The smallest absolute Gasteiger partial charge is 0.228 e. The van der Waals surface area contributed by atoms with E-state index >= 15 is 0 Å². The Morgan fingerprint density at radius 1 is 1.04 bits per heavy atom. The number of carbonyl (C=O) groups excluding carboxylic acids is 2. The molecular formula is C21H23ClN2O2. The molecule has 0 radical (unpaired) electrons. The van der Waals surface area contributed by atoms with Crippen molar-refractivity contribution in [1.82, 2.24) is 5.32 Å². The number of hydrogen-bond donors (Lipinski definition) is 2. The topological polar surface area (TPSA) is 58.2 Å². The van der Waals surface area contributed by atoms with Gasteiger partial charge in [-0.1, -0.05) is 47.5 Å². The quantitative estimate of drug-likeness (QED) is 0.830. The molecule has 0 bridgehead atoms. The fourth-order valence-electron chi connectivity index (χ4n) is 3.32. The van der Waals surface area contributed by atoms with Crippen LogP contribution >= 0.6 is 11.6 Å². The van der Waals surface area contributed by atoms with Crippen molar-refractivity contribution < 1.29 is 9.59 Å². The van der Waals surface area contributed by atoms with Crippen molar-refractivity contribution >= 4 is 29.1 Å². The number of rotatable bonds is 5. The molecule has 5 heteroatoms. The average Bonchev–Trinajstić information content (AvgIpc) is 3.38. The van der Waals surface area contributed by atoms with Crippen molar-refractivity contribution in [3.8, 4) is 0 Å². The first-order chi connectivity index (χ1) is 12.4. The maximum atomic E-state index is 12.5. The van der Waals surface area contributed by atoms with Crippen LogP contribution in [0.4, 0.5) is 5.69 Å². The van der Waals surface area contributed by atoms with E-state index in [-0.39, 0.29) is 23.7 Å². The second kappa shape index (κ2) is 7.50. The molecule has 0 heterocycles. The number of halogens is 1. The summed E-state index contributed by atoms with van der Waals surface area (Å²) in [5, 5.41) is 6.50. The first-order valence-electron chi connectivity index (χ1n) is 8.76. The molecule has 2 amide bonds. The number of anilines is 1. The molecule has 1 fully saturated rings. The van der Waals surface area contributed by atoms with Crippen molar-refractivity contribution in [3.05, 3.63) is 63.7 Å².